The summed E-state index contributed by atoms with van der Waals surface area (Å²) in [6.45, 7) is 3.15. The molecule has 1 unspecified atom stereocenters. The van der Waals surface area contributed by atoms with Crippen LogP contribution in [0, 0.1) is 0 Å². The molecule has 2 aromatic carbocycles. The SMILES string of the molecule is CCNC(=O)C(C)N(Cc1c(Cl)cccc1Cl)C(=O)CN(c1cccc(Br)c1)S(C)(=O)=O. The molecule has 2 aromatic rings. The lowest BCUT2D eigenvalue weighted by Gasteiger charge is -2.31. The Morgan fingerprint density at radius 1 is 1.12 bits per heavy atom. The van der Waals surface area contributed by atoms with E-state index in [9.17, 15) is 18.0 Å². The van der Waals surface area contributed by atoms with Gasteiger partial charge in [-0.3, -0.25) is 13.9 Å². The van der Waals surface area contributed by atoms with Crippen LogP contribution in [0.25, 0.3) is 0 Å². The lowest BCUT2D eigenvalue weighted by atomic mass is 10.1. The minimum atomic E-state index is -3.80. The van der Waals surface area contributed by atoms with E-state index < -0.39 is 28.5 Å². The molecule has 0 heterocycles. The highest BCUT2D eigenvalue weighted by molar-refractivity contribution is 9.10. The number of carbonyl (C=O) groups excluding carboxylic acids is 2. The summed E-state index contributed by atoms with van der Waals surface area (Å²) in [7, 11) is -3.80. The molecular formula is C21H24BrCl2N3O4S. The van der Waals surface area contributed by atoms with E-state index in [1.807, 2.05) is 0 Å². The standard InChI is InChI=1S/C21H24BrCl2N3O4S/c1-4-25-21(29)14(2)26(12-17-18(23)9-6-10-19(17)24)20(28)13-27(32(3,30)31)16-8-5-7-15(22)11-16/h5-11,14H,4,12-13H2,1-3H3,(H,25,29). The highest BCUT2D eigenvalue weighted by Gasteiger charge is 2.30. The highest BCUT2D eigenvalue weighted by atomic mass is 79.9. The molecule has 32 heavy (non-hydrogen) atoms. The van der Waals surface area contributed by atoms with Gasteiger partial charge in [-0.2, -0.15) is 0 Å². The molecule has 0 aliphatic carbocycles. The number of hydrogen-bond acceptors (Lipinski definition) is 4. The minimum absolute atomic E-state index is 0.0638. The Hall–Kier alpha value is -1.81. The van der Waals surface area contributed by atoms with Crippen LogP contribution in [0.4, 0.5) is 5.69 Å². The molecule has 174 valence electrons. The maximum absolute atomic E-state index is 13.4. The second kappa shape index (κ2) is 11.4. The third-order valence-corrected chi connectivity index (χ3v) is 7.03. The summed E-state index contributed by atoms with van der Waals surface area (Å²) in [6.07, 6.45) is 1.02. The second-order valence-electron chi connectivity index (χ2n) is 7.04. The van der Waals surface area contributed by atoms with Crippen molar-refractivity contribution in [2.24, 2.45) is 0 Å². The molecule has 0 aromatic heterocycles. The number of amides is 2. The zero-order valence-corrected chi connectivity index (χ0v) is 21.7. The Morgan fingerprint density at radius 2 is 1.72 bits per heavy atom. The quantitative estimate of drug-likeness (QED) is 0.497. The fraction of sp³-hybridized carbons (Fsp3) is 0.333. The van der Waals surface area contributed by atoms with Crippen molar-refractivity contribution in [3.05, 3.63) is 62.5 Å². The first-order valence-corrected chi connectivity index (χ1v) is 13.1. The zero-order chi connectivity index (χ0) is 24.1. The van der Waals surface area contributed by atoms with Gasteiger partial charge in [-0.05, 0) is 44.2 Å². The van der Waals surface area contributed by atoms with Crippen molar-refractivity contribution < 1.29 is 18.0 Å². The number of rotatable bonds is 9. The Balaban J connectivity index is 2.44. The third kappa shape index (κ3) is 6.84. The molecule has 11 heteroatoms. The van der Waals surface area contributed by atoms with Crippen LogP contribution in [-0.2, 0) is 26.2 Å². The van der Waals surface area contributed by atoms with Crippen LogP contribution >= 0.6 is 39.1 Å². The first kappa shape index (κ1) is 26.4. The summed E-state index contributed by atoms with van der Waals surface area (Å²) in [4.78, 5) is 27.2. The first-order valence-electron chi connectivity index (χ1n) is 9.69. The van der Waals surface area contributed by atoms with Gasteiger partial charge in [-0.1, -0.05) is 51.3 Å². The van der Waals surface area contributed by atoms with E-state index in [1.54, 1.807) is 56.3 Å². The number of hydrogen-bond donors (Lipinski definition) is 1. The van der Waals surface area contributed by atoms with Gasteiger partial charge in [0.2, 0.25) is 21.8 Å². The molecule has 0 spiro atoms. The van der Waals surface area contributed by atoms with Crippen LogP contribution in [-0.4, -0.2) is 50.5 Å². The predicted octanol–water partition coefficient (Wildman–Crippen LogP) is 4.08. The summed E-state index contributed by atoms with van der Waals surface area (Å²) in [5.74, 6) is -0.956. The molecule has 1 atom stereocenters. The van der Waals surface area contributed by atoms with Crippen molar-refractivity contribution in [3.63, 3.8) is 0 Å². The van der Waals surface area contributed by atoms with E-state index in [1.165, 1.54) is 4.90 Å². The number of likely N-dealkylation sites (N-methyl/N-ethyl adjacent to an activating group) is 1. The van der Waals surface area contributed by atoms with E-state index in [0.29, 0.717) is 32.3 Å². The molecule has 2 rings (SSSR count). The van der Waals surface area contributed by atoms with Gasteiger partial charge in [0.05, 0.1) is 11.9 Å². The van der Waals surface area contributed by atoms with Crippen molar-refractivity contribution in [2.75, 3.05) is 23.7 Å². The Kier molecular flexibility index (Phi) is 9.39. The number of halogens is 3. The normalized spacial score (nSPS) is 12.2. The van der Waals surface area contributed by atoms with Crippen molar-refractivity contribution in [1.29, 1.82) is 0 Å². The van der Waals surface area contributed by atoms with Crippen LogP contribution in [0.2, 0.25) is 10.0 Å². The van der Waals surface area contributed by atoms with E-state index in [0.717, 1.165) is 10.6 Å². The fourth-order valence-electron chi connectivity index (χ4n) is 3.00. The highest BCUT2D eigenvalue weighted by Crippen LogP contribution is 2.27. The lowest BCUT2D eigenvalue weighted by molar-refractivity contribution is -0.139. The third-order valence-electron chi connectivity index (χ3n) is 4.68. The maximum Gasteiger partial charge on any atom is 0.244 e. The molecule has 0 aliphatic heterocycles. The number of sulfonamides is 1. The molecule has 0 fully saturated rings. The van der Waals surface area contributed by atoms with Gasteiger partial charge in [0.1, 0.15) is 12.6 Å². The topological polar surface area (TPSA) is 86.8 Å². The van der Waals surface area contributed by atoms with E-state index in [2.05, 4.69) is 21.2 Å². The average Bonchev–Trinajstić information content (AvgIpc) is 2.70. The smallest absolute Gasteiger partial charge is 0.244 e. The van der Waals surface area contributed by atoms with Crippen molar-refractivity contribution in [3.8, 4) is 0 Å². The molecule has 1 N–H and O–H groups in total. The summed E-state index contributed by atoms with van der Waals surface area (Å²) < 4.78 is 26.6. The molecule has 0 bridgehead atoms. The summed E-state index contributed by atoms with van der Waals surface area (Å²) >= 11 is 15.9. The van der Waals surface area contributed by atoms with Gasteiger partial charge in [-0.15, -0.1) is 0 Å². The number of carbonyl (C=O) groups is 2. The van der Waals surface area contributed by atoms with Crippen molar-refractivity contribution in [1.82, 2.24) is 10.2 Å². The zero-order valence-electron chi connectivity index (χ0n) is 17.8. The van der Waals surface area contributed by atoms with Gasteiger partial charge in [-0.25, -0.2) is 8.42 Å². The molecule has 0 radical (unpaired) electrons. The molecule has 2 amide bonds. The molecule has 0 saturated heterocycles. The number of nitrogens with one attached hydrogen (secondary N) is 1. The average molecular weight is 565 g/mol. The van der Waals surface area contributed by atoms with Crippen LogP contribution in [0.1, 0.15) is 19.4 Å². The van der Waals surface area contributed by atoms with E-state index >= 15 is 0 Å². The first-order chi connectivity index (χ1) is 15.0. The van der Waals surface area contributed by atoms with Gasteiger partial charge in [0, 0.05) is 33.2 Å². The molecule has 0 aliphatic rings. The van der Waals surface area contributed by atoms with Crippen molar-refractivity contribution >= 4 is 66.7 Å². The molecule has 0 saturated carbocycles. The maximum atomic E-state index is 13.4. The monoisotopic (exact) mass is 563 g/mol. The van der Waals surface area contributed by atoms with Crippen LogP contribution < -0.4 is 9.62 Å². The van der Waals surface area contributed by atoms with Gasteiger partial charge in [0.15, 0.2) is 0 Å². The van der Waals surface area contributed by atoms with Crippen LogP contribution in [0.5, 0.6) is 0 Å². The van der Waals surface area contributed by atoms with Crippen LogP contribution in [0.15, 0.2) is 46.9 Å². The van der Waals surface area contributed by atoms with Crippen LogP contribution in [0.3, 0.4) is 0 Å². The number of anilines is 1. The molecule has 7 nitrogen and oxygen atoms in total. The van der Waals surface area contributed by atoms with Gasteiger partial charge >= 0.3 is 0 Å². The Morgan fingerprint density at radius 3 is 2.25 bits per heavy atom. The van der Waals surface area contributed by atoms with Crippen molar-refractivity contribution in [2.45, 2.75) is 26.4 Å². The number of benzene rings is 2. The number of nitrogens with zero attached hydrogens (tertiary/aromatic N) is 2. The summed E-state index contributed by atoms with van der Waals surface area (Å²) in [5, 5.41) is 3.36. The van der Waals surface area contributed by atoms with E-state index in [-0.39, 0.29) is 12.5 Å². The van der Waals surface area contributed by atoms with E-state index in [4.69, 9.17) is 23.2 Å². The largest absolute Gasteiger partial charge is 0.355 e. The van der Waals surface area contributed by atoms with Gasteiger partial charge in [0.25, 0.3) is 0 Å². The Labute approximate surface area is 206 Å². The summed E-state index contributed by atoms with van der Waals surface area (Å²) in [6, 6.07) is 10.6. The molecular weight excluding hydrogens is 541 g/mol. The summed E-state index contributed by atoms with van der Waals surface area (Å²) in [5.41, 5.74) is 0.783. The predicted molar refractivity (Wildman–Crippen MR) is 131 cm³/mol. The minimum Gasteiger partial charge on any atom is -0.355 e. The van der Waals surface area contributed by atoms with Gasteiger partial charge < -0.3 is 10.2 Å². The Bertz CT molecular complexity index is 1080. The fourth-order valence-corrected chi connectivity index (χ4v) is 4.75. The lowest BCUT2D eigenvalue weighted by Crippen LogP contribution is -2.51. The second-order valence-corrected chi connectivity index (χ2v) is 10.7.